The molecule has 1 heteroatoms. The van der Waals surface area contributed by atoms with E-state index >= 15 is 0 Å². The fourth-order valence-electron chi connectivity index (χ4n) is 1.48. The van der Waals surface area contributed by atoms with Crippen LogP contribution in [0.3, 0.4) is 0 Å². The van der Waals surface area contributed by atoms with Crippen LogP contribution in [-0.4, -0.2) is 0 Å². The van der Waals surface area contributed by atoms with E-state index in [0.717, 1.165) is 0 Å². The zero-order valence-corrected chi connectivity index (χ0v) is 18.7. The molecule has 0 amide bonds. The maximum absolute atomic E-state index is 3.21. The van der Waals surface area contributed by atoms with Gasteiger partial charge in [0.25, 0.3) is 0 Å². The quantitative estimate of drug-likeness (QED) is 0.384. The van der Waals surface area contributed by atoms with Gasteiger partial charge in [0.15, 0.2) is 0 Å². The second-order valence-electron chi connectivity index (χ2n) is 4.42. The molecule has 0 unspecified atom stereocenters. The van der Waals surface area contributed by atoms with Crippen molar-refractivity contribution in [2.45, 2.75) is 62.3 Å². The summed E-state index contributed by atoms with van der Waals surface area (Å²) in [5.41, 5.74) is 6.67. The Kier molecular flexibility index (Phi) is 19.5. The Labute approximate surface area is 153 Å². The Morgan fingerprint density at radius 3 is 1.50 bits per heavy atom. The first-order valence-electron chi connectivity index (χ1n) is 7.90. The van der Waals surface area contributed by atoms with E-state index in [2.05, 4.69) is 52.8 Å². The minimum absolute atomic E-state index is 0. The zero-order chi connectivity index (χ0) is 16.8. The predicted octanol–water partition coefficient (Wildman–Crippen LogP) is 6.57. The fraction of sp³-hybridized carbons (Fsp3) is 0.429. The molecule has 2 aromatic rings. The fourth-order valence-corrected chi connectivity index (χ4v) is 1.48. The summed E-state index contributed by atoms with van der Waals surface area (Å²) in [6.07, 6.45) is 0. The molecule has 0 atom stereocenters. The van der Waals surface area contributed by atoms with Crippen LogP contribution in [0, 0.1) is 46.8 Å². The van der Waals surface area contributed by atoms with Crippen LogP contribution in [0.5, 0.6) is 0 Å². The van der Waals surface area contributed by atoms with Crippen molar-refractivity contribution < 1.29 is 21.1 Å². The van der Waals surface area contributed by atoms with Crippen molar-refractivity contribution in [3.63, 3.8) is 0 Å². The molecule has 2 aromatic carbocycles. The molecule has 2 rings (SSSR count). The minimum Gasteiger partial charge on any atom is -0.184 e. The summed E-state index contributed by atoms with van der Waals surface area (Å²) < 4.78 is 0. The summed E-state index contributed by atoms with van der Waals surface area (Å²) in [4.78, 5) is 0. The summed E-state index contributed by atoms with van der Waals surface area (Å²) in [6, 6.07) is 16.1. The number of aryl methyl sites for hydroxylation is 3. The molecular weight excluding hydrogens is 436 g/mol. The van der Waals surface area contributed by atoms with E-state index in [9.17, 15) is 0 Å². The topological polar surface area (TPSA) is 0 Å². The molecule has 0 saturated heterocycles. The van der Waals surface area contributed by atoms with E-state index in [1.807, 2.05) is 52.0 Å². The van der Waals surface area contributed by atoms with Gasteiger partial charge in [0.1, 0.15) is 0 Å². The average Bonchev–Trinajstić information content (AvgIpc) is 2.54. The molecule has 0 aromatic heterocycles. The number of benzene rings is 2. The zero-order valence-electron chi connectivity index (χ0n) is 15.8. The summed E-state index contributed by atoms with van der Waals surface area (Å²) in [5.74, 6) is 0. The monoisotopic (exact) mass is 468 g/mol. The van der Waals surface area contributed by atoms with Crippen LogP contribution in [0.4, 0.5) is 0 Å². The van der Waals surface area contributed by atoms with E-state index in [0.29, 0.717) is 0 Å². The normalized spacial score (nSPS) is 7.86. The van der Waals surface area contributed by atoms with Gasteiger partial charge in [-0.25, -0.2) is 0 Å². The molecule has 0 aliphatic rings. The Morgan fingerprint density at radius 2 is 1.18 bits per heavy atom. The van der Waals surface area contributed by atoms with Gasteiger partial charge in [-0.15, -0.1) is 0 Å². The Bertz CT molecular complexity index is 446. The van der Waals surface area contributed by atoms with Gasteiger partial charge < -0.3 is 0 Å². The second-order valence-corrected chi connectivity index (χ2v) is 4.42. The molecule has 0 N–H and O–H groups in total. The van der Waals surface area contributed by atoms with Gasteiger partial charge in [0, 0.05) is 0 Å². The molecular formula is C21H32W. The van der Waals surface area contributed by atoms with E-state index < -0.39 is 0 Å². The molecule has 22 heavy (non-hydrogen) atoms. The van der Waals surface area contributed by atoms with E-state index in [4.69, 9.17) is 0 Å². The Balaban J connectivity index is -0.000000266. The largest absolute Gasteiger partial charge is 2.00 e. The van der Waals surface area contributed by atoms with Crippen LogP contribution in [-0.2, 0) is 21.1 Å². The molecule has 0 nitrogen and oxygen atoms in total. The molecule has 0 fully saturated rings. The maximum Gasteiger partial charge on any atom is 2.00 e. The summed E-state index contributed by atoms with van der Waals surface area (Å²) in [6.45, 7) is 18.6. The van der Waals surface area contributed by atoms with Crippen LogP contribution in [0.2, 0.25) is 0 Å². The minimum atomic E-state index is 0. The molecule has 0 heterocycles. The molecule has 0 aliphatic heterocycles. The number of hydrogen-bond acceptors (Lipinski definition) is 0. The standard InChI is InChI=1S/C10H13.C7H7.2C2H6.W/c1-7-5-6-8(2)10(4)9(7)3;1-7-5-3-2-4-6-7;2*1-2;/h5H,1-4H3;3-6H,1H3;2*1-2H3;/q2*-1;;;+2. The van der Waals surface area contributed by atoms with Gasteiger partial charge in [-0.05, 0) is 0 Å². The molecule has 0 saturated carbocycles. The molecule has 0 aliphatic carbocycles. The van der Waals surface area contributed by atoms with Crippen molar-refractivity contribution in [2.75, 3.05) is 0 Å². The van der Waals surface area contributed by atoms with E-state index in [-0.39, 0.29) is 21.1 Å². The summed E-state index contributed by atoms with van der Waals surface area (Å²) >= 11 is 0. The first kappa shape index (κ1) is 26.0. The summed E-state index contributed by atoms with van der Waals surface area (Å²) in [7, 11) is 0. The first-order valence-corrected chi connectivity index (χ1v) is 7.90. The maximum atomic E-state index is 3.21. The van der Waals surface area contributed by atoms with Crippen molar-refractivity contribution in [1.82, 2.24) is 0 Å². The van der Waals surface area contributed by atoms with E-state index in [1.165, 1.54) is 27.8 Å². The molecule has 0 radical (unpaired) electrons. The molecule has 0 bridgehead atoms. The number of rotatable bonds is 0. The van der Waals surface area contributed by atoms with Crippen molar-refractivity contribution in [1.29, 1.82) is 0 Å². The van der Waals surface area contributed by atoms with Crippen LogP contribution in [0.1, 0.15) is 55.5 Å². The smallest absolute Gasteiger partial charge is 0.184 e. The number of hydrogen-bond donors (Lipinski definition) is 0. The van der Waals surface area contributed by atoms with Gasteiger partial charge in [0.05, 0.1) is 0 Å². The van der Waals surface area contributed by atoms with Gasteiger partial charge in [0.2, 0.25) is 0 Å². The van der Waals surface area contributed by atoms with E-state index in [1.54, 1.807) is 0 Å². The van der Waals surface area contributed by atoms with Gasteiger partial charge in [-0.3, -0.25) is 0 Å². The summed E-state index contributed by atoms with van der Waals surface area (Å²) in [5, 5.41) is 0. The van der Waals surface area contributed by atoms with Gasteiger partial charge in [-0.1, -0.05) is 62.3 Å². The van der Waals surface area contributed by atoms with Crippen molar-refractivity contribution >= 4 is 0 Å². The average molecular weight is 468 g/mol. The van der Waals surface area contributed by atoms with Crippen LogP contribution in [0.25, 0.3) is 0 Å². The second kappa shape index (κ2) is 16.5. The van der Waals surface area contributed by atoms with Crippen molar-refractivity contribution in [3.05, 3.63) is 70.3 Å². The third-order valence-electron chi connectivity index (χ3n) is 3.11. The van der Waals surface area contributed by atoms with Crippen LogP contribution in [0.15, 0.2) is 30.3 Å². The third kappa shape index (κ3) is 10.8. The first-order chi connectivity index (χ1) is 10.0. The van der Waals surface area contributed by atoms with Crippen LogP contribution >= 0.6 is 0 Å². The van der Waals surface area contributed by atoms with Crippen molar-refractivity contribution in [3.8, 4) is 0 Å². The molecule has 122 valence electrons. The third-order valence-corrected chi connectivity index (χ3v) is 3.11. The Hall–Kier alpha value is -0.872. The van der Waals surface area contributed by atoms with Crippen LogP contribution < -0.4 is 0 Å². The van der Waals surface area contributed by atoms with Crippen molar-refractivity contribution in [2.24, 2.45) is 0 Å². The van der Waals surface area contributed by atoms with Gasteiger partial charge in [-0.2, -0.15) is 70.3 Å². The Morgan fingerprint density at radius 1 is 0.727 bits per heavy atom. The SMILES string of the molecule is CC.CC.Cc1[c-]cc(C)c(C)c1C.Cc1cc[c-]cc1.[W+2]. The predicted molar refractivity (Wildman–Crippen MR) is 96.9 cm³/mol. The van der Waals surface area contributed by atoms with Gasteiger partial charge >= 0.3 is 21.1 Å². The molecule has 0 spiro atoms.